The third kappa shape index (κ3) is 5.03. The van der Waals surface area contributed by atoms with Crippen LogP contribution in [0.15, 0.2) is 0 Å². The molecule has 2 amide bonds. The zero-order chi connectivity index (χ0) is 15.9. The summed E-state index contributed by atoms with van der Waals surface area (Å²) < 4.78 is 0. The Kier molecular flexibility index (Phi) is 6.26. The number of nitrogens with zero attached hydrogens (tertiary/aromatic N) is 4. The van der Waals surface area contributed by atoms with Gasteiger partial charge in [0.05, 0.1) is 0 Å². The quantitative estimate of drug-likeness (QED) is 0.843. The predicted octanol–water partition coefficient (Wildman–Crippen LogP) is 0.983. The van der Waals surface area contributed by atoms with Gasteiger partial charge in [-0.25, -0.2) is 0 Å². The lowest BCUT2D eigenvalue weighted by molar-refractivity contribution is -0.134. The molecule has 0 unspecified atom stereocenters. The average molecular weight is 325 g/mol. The van der Waals surface area contributed by atoms with Gasteiger partial charge in [-0.15, -0.1) is 10.2 Å². The Morgan fingerprint density at radius 1 is 1.18 bits per heavy atom. The highest BCUT2D eigenvalue weighted by Crippen LogP contribution is 2.16. The van der Waals surface area contributed by atoms with Gasteiger partial charge in [-0.3, -0.25) is 9.59 Å². The van der Waals surface area contributed by atoms with E-state index in [0.717, 1.165) is 44.0 Å². The molecule has 1 aliphatic heterocycles. The predicted molar refractivity (Wildman–Crippen MR) is 85.8 cm³/mol. The Balaban J connectivity index is 1.71. The molecule has 0 bridgehead atoms. The van der Waals surface area contributed by atoms with Crippen molar-refractivity contribution >= 4 is 28.3 Å². The summed E-state index contributed by atoms with van der Waals surface area (Å²) in [4.78, 5) is 27.9. The maximum absolute atomic E-state index is 12.1. The van der Waals surface area contributed by atoms with Crippen LogP contribution in [0.25, 0.3) is 0 Å². The molecule has 0 atom stereocenters. The number of amides is 2. The van der Waals surface area contributed by atoms with Crippen LogP contribution in [0.4, 0.5) is 5.13 Å². The molecular formula is C14H23N5O2S. The minimum atomic E-state index is -0.179. The summed E-state index contributed by atoms with van der Waals surface area (Å²) in [5.74, 6) is -0.131. The zero-order valence-electron chi connectivity index (χ0n) is 13.2. The number of likely N-dealkylation sites (N-methyl/N-ethyl adjacent to an activating group) is 1. The first-order valence-corrected chi connectivity index (χ1v) is 8.48. The minimum absolute atomic E-state index is 0.0483. The Hall–Kier alpha value is -1.54. The molecule has 1 fully saturated rings. The van der Waals surface area contributed by atoms with Crippen LogP contribution >= 0.6 is 11.3 Å². The lowest BCUT2D eigenvalue weighted by atomic mass is 10.2. The second kappa shape index (κ2) is 8.19. The minimum Gasteiger partial charge on any atom is -0.340 e. The van der Waals surface area contributed by atoms with Crippen molar-refractivity contribution in [1.29, 1.82) is 0 Å². The maximum atomic E-state index is 12.1. The van der Waals surface area contributed by atoms with Crippen LogP contribution in [0.3, 0.4) is 0 Å². The third-order valence-corrected chi connectivity index (χ3v) is 4.50. The van der Waals surface area contributed by atoms with Crippen molar-refractivity contribution in [2.75, 3.05) is 38.5 Å². The number of carbonyl (C=O) groups excluding carboxylic acids is 2. The largest absolute Gasteiger partial charge is 0.340 e. The molecule has 0 aliphatic carbocycles. The lowest BCUT2D eigenvalue weighted by Crippen LogP contribution is -2.47. The van der Waals surface area contributed by atoms with E-state index in [2.05, 4.69) is 27.3 Å². The average Bonchev–Trinajstić information content (AvgIpc) is 2.93. The number of piperazine rings is 1. The van der Waals surface area contributed by atoms with E-state index in [1.54, 1.807) is 0 Å². The molecule has 0 radical (unpaired) electrons. The number of aromatic nitrogens is 2. The van der Waals surface area contributed by atoms with Crippen LogP contribution in [-0.4, -0.2) is 65.0 Å². The molecule has 0 aromatic carbocycles. The summed E-state index contributed by atoms with van der Waals surface area (Å²) >= 11 is 1.39. The fraction of sp³-hybridized carbons (Fsp3) is 0.714. The van der Waals surface area contributed by atoms with E-state index < -0.39 is 0 Å². The molecule has 0 spiro atoms. The van der Waals surface area contributed by atoms with Crippen molar-refractivity contribution in [3.05, 3.63) is 5.01 Å². The molecule has 1 aliphatic rings. The second-order valence-corrected chi connectivity index (χ2v) is 6.55. The van der Waals surface area contributed by atoms with Gasteiger partial charge in [0.1, 0.15) is 5.01 Å². The van der Waals surface area contributed by atoms with Crippen LogP contribution < -0.4 is 5.32 Å². The van der Waals surface area contributed by atoms with Gasteiger partial charge in [-0.05, 0) is 13.5 Å². The molecule has 2 rings (SSSR count). The van der Waals surface area contributed by atoms with Gasteiger partial charge in [0.25, 0.3) is 0 Å². The molecule has 0 saturated carbocycles. The summed E-state index contributed by atoms with van der Waals surface area (Å²) in [7, 11) is 2.05. The van der Waals surface area contributed by atoms with Crippen LogP contribution in [0.1, 0.15) is 31.2 Å². The van der Waals surface area contributed by atoms with E-state index in [9.17, 15) is 9.59 Å². The molecule has 1 aromatic heterocycles. The van der Waals surface area contributed by atoms with E-state index in [1.165, 1.54) is 11.3 Å². The van der Waals surface area contributed by atoms with E-state index in [4.69, 9.17) is 0 Å². The Bertz CT molecular complexity index is 511. The van der Waals surface area contributed by atoms with Gasteiger partial charge in [0.15, 0.2) is 0 Å². The highest BCUT2D eigenvalue weighted by atomic mass is 32.1. The zero-order valence-corrected chi connectivity index (χ0v) is 14.0. The maximum Gasteiger partial charge on any atom is 0.226 e. The number of nitrogens with one attached hydrogen (secondary N) is 1. The van der Waals surface area contributed by atoms with Gasteiger partial charge in [0, 0.05) is 45.4 Å². The van der Waals surface area contributed by atoms with Crippen LogP contribution in [0, 0.1) is 0 Å². The second-order valence-electron chi connectivity index (χ2n) is 5.48. The van der Waals surface area contributed by atoms with Crippen molar-refractivity contribution in [2.24, 2.45) is 0 Å². The van der Waals surface area contributed by atoms with E-state index in [0.29, 0.717) is 5.13 Å². The fourth-order valence-electron chi connectivity index (χ4n) is 2.24. The molecule has 7 nitrogen and oxygen atoms in total. The lowest BCUT2D eigenvalue weighted by Gasteiger charge is -2.32. The highest BCUT2D eigenvalue weighted by molar-refractivity contribution is 7.15. The summed E-state index contributed by atoms with van der Waals surface area (Å²) in [6.45, 7) is 5.34. The summed E-state index contributed by atoms with van der Waals surface area (Å²) in [6, 6.07) is 0. The van der Waals surface area contributed by atoms with Gasteiger partial charge in [-0.2, -0.15) is 0 Å². The van der Waals surface area contributed by atoms with E-state index in [-0.39, 0.29) is 24.7 Å². The topological polar surface area (TPSA) is 78.4 Å². The smallest absolute Gasteiger partial charge is 0.226 e. The first-order valence-electron chi connectivity index (χ1n) is 7.67. The summed E-state index contributed by atoms with van der Waals surface area (Å²) in [5, 5.41) is 12.1. The molecule has 22 heavy (non-hydrogen) atoms. The van der Waals surface area contributed by atoms with Crippen LogP contribution in [0.5, 0.6) is 0 Å². The summed E-state index contributed by atoms with van der Waals surface area (Å²) in [6.07, 6.45) is 2.31. The summed E-state index contributed by atoms with van der Waals surface area (Å²) in [5.41, 5.74) is 0. The Morgan fingerprint density at radius 3 is 2.59 bits per heavy atom. The molecular weight excluding hydrogens is 302 g/mol. The Morgan fingerprint density at radius 2 is 1.91 bits per heavy atom. The van der Waals surface area contributed by atoms with Gasteiger partial charge < -0.3 is 15.1 Å². The number of rotatable bonds is 6. The molecule has 2 heterocycles. The Labute approximate surface area is 134 Å². The van der Waals surface area contributed by atoms with Crippen LogP contribution in [0.2, 0.25) is 0 Å². The van der Waals surface area contributed by atoms with Crippen molar-refractivity contribution < 1.29 is 9.59 Å². The number of aryl methyl sites for hydroxylation is 1. The number of carbonyl (C=O) groups is 2. The van der Waals surface area contributed by atoms with Crippen molar-refractivity contribution in [2.45, 2.75) is 32.6 Å². The fourth-order valence-corrected chi connectivity index (χ4v) is 3.09. The first-order chi connectivity index (χ1) is 10.6. The van der Waals surface area contributed by atoms with Gasteiger partial charge in [-0.1, -0.05) is 18.3 Å². The molecule has 8 heteroatoms. The number of hydrogen-bond donors (Lipinski definition) is 1. The first kappa shape index (κ1) is 16.8. The molecule has 1 N–H and O–H groups in total. The van der Waals surface area contributed by atoms with Crippen molar-refractivity contribution in [3.8, 4) is 0 Å². The van der Waals surface area contributed by atoms with Gasteiger partial charge >= 0.3 is 0 Å². The third-order valence-electron chi connectivity index (χ3n) is 3.60. The van der Waals surface area contributed by atoms with Crippen LogP contribution in [-0.2, 0) is 16.0 Å². The highest BCUT2D eigenvalue weighted by Gasteiger charge is 2.19. The standard InChI is InChI=1S/C14H23N5O2S/c1-3-4-12-16-17-14(22-12)15-11(20)5-6-13(21)19-9-7-18(2)8-10-19/h3-10H2,1-2H3,(H,15,17,20). The molecule has 1 saturated heterocycles. The number of anilines is 1. The van der Waals surface area contributed by atoms with Gasteiger partial charge in [0.2, 0.25) is 16.9 Å². The SMILES string of the molecule is CCCc1nnc(NC(=O)CCC(=O)N2CCN(C)CC2)s1. The van der Waals surface area contributed by atoms with Crippen molar-refractivity contribution in [3.63, 3.8) is 0 Å². The van der Waals surface area contributed by atoms with Crippen molar-refractivity contribution in [1.82, 2.24) is 20.0 Å². The molecule has 1 aromatic rings. The van der Waals surface area contributed by atoms with E-state index >= 15 is 0 Å². The number of hydrogen-bond acceptors (Lipinski definition) is 6. The normalized spacial score (nSPS) is 15.8. The molecule has 122 valence electrons. The van der Waals surface area contributed by atoms with E-state index in [1.807, 2.05) is 11.9 Å². The monoisotopic (exact) mass is 325 g/mol.